The van der Waals surface area contributed by atoms with Crippen molar-refractivity contribution in [2.45, 2.75) is 315 Å². The van der Waals surface area contributed by atoms with E-state index in [1.807, 2.05) is 6.08 Å². The molecule has 3 N–H and O–H groups in total. The van der Waals surface area contributed by atoms with Crippen LogP contribution < -0.4 is 5.32 Å². The van der Waals surface area contributed by atoms with Gasteiger partial charge in [0, 0.05) is 6.42 Å². The van der Waals surface area contributed by atoms with E-state index in [9.17, 15) is 15.0 Å². The van der Waals surface area contributed by atoms with Gasteiger partial charge in [0.2, 0.25) is 5.91 Å². The second-order valence-electron chi connectivity index (χ2n) is 21.1. The topological polar surface area (TPSA) is 69.6 Å². The largest absolute Gasteiger partial charge is 0.394 e. The van der Waals surface area contributed by atoms with E-state index in [-0.39, 0.29) is 12.5 Å². The molecule has 0 radical (unpaired) electrons. The number of carbonyl (C=O) groups excluding carboxylic acids is 1. The summed E-state index contributed by atoms with van der Waals surface area (Å²) in [4.78, 5) is 12.5. The molecule has 420 valence electrons. The minimum Gasteiger partial charge on any atom is -0.394 e. The molecule has 2 atom stereocenters. The SMILES string of the molecule is CC/C=C\C/C=C\C/C=C\C/C=C\C/C=C\C/C=C\C/C=C\CCCCCCCCCCCC(=O)NC(CO)C(O)/C=C/CC/C=C/CCCCCCCCCCCCCCCCCCCCCCCCCC. The first kappa shape index (κ1) is 70.1. The van der Waals surface area contributed by atoms with Gasteiger partial charge in [0.05, 0.1) is 18.8 Å². The molecule has 0 aliphatic carbocycles. The van der Waals surface area contributed by atoms with Crippen LogP contribution in [-0.4, -0.2) is 34.9 Å². The van der Waals surface area contributed by atoms with E-state index < -0.39 is 12.1 Å². The van der Waals surface area contributed by atoms with Crippen molar-refractivity contribution in [3.8, 4) is 0 Å². The summed E-state index contributed by atoms with van der Waals surface area (Å²) in [5.74, 6) is -0.0819. The van der Waals surface area contributed by atoms with Crippen molar-refractivity contribution in [1.29, 1.82) is 0 Å². The summed E-state index contributed by atoms with van der Waals surface area (Å²) >= 11 is 0. The predicted molar refractivity (Wildman–Crippen MR) is 326 cm³/mol. The van der Waals surface area contributed by atoms with Crippen LogP contribution in [0.3, 0.4) is 0 Å². The number of rotatable bonds is 57. The standard InChI is InChI=1S/C69H121NO3/c1-3-5-7-9-11-13-15-17-19-21-23-25-27-29-31-33-35-37-39-41-43-45-47-49-51-53-55-57-59-61-63-65-69(73)70-67(66-71)68(72)64-62-60-58-56-54-52-50-48-46-44-42-40-38-36-34-32-30-28-26-24-22-20-18-16-14-12-10-8-6-4-2/h5,7,11,13,17,19,23,25,29,31,35,37,41,43,54,56,62,64,67-68,71-72H,3-4,6,8-10,12,14-16,18,20-22,24,26-28,30,32-34,36,38-40,42,44-53,55,57-61,63,65-66H2,1-2H3,(H,70,73)/b7-5-,13-11-,19-17-,25-23-,31-29-,37-35-,43-41-,56-54+,64-62+. The molecule has 0 fully saturated rings. The fourth-order valence-electron chi connectivity index (χ4n) is 9.24. The van der Waals surface area contributed by atoms with Crippen LogP contribution in [0.5, 0.6) is 0 Å². The third kappa shape index (κ3) is 59.8. The van der Waals surface area contributed by atoms with Crippen molar-refractivity contribution in [2.24, 2.45) is 0 Å². The van der Waals surface area contributed by atoms with Gasteiger partial charge in [0.15, 0.2) is 0 Å². The van der Waals surface area contributed by atoms with Crippen molar-refractivity contribution < 1.29 is 15.0 Å². The Morgan fingerprint density at radius 1 is 0.342 bits per heavy atom. The summed E-state index contributed by atoms with van der Waals surface area (Å²) in [6.45, 7) is 4.20. The highest BCUT2D eigenvalue weighted by Gasteiger charge is 2.18. The number of allylic oxidation sites excluding steroid dienone is 17. The lowest BCUT2D eigenvalue weighted by Crippen LogP contribution is -2.45. The number of hydrogen-bond acceptors (Lipinski definition) is 3. The number of nitrogens with one attached hydrogen (secondary N) is 1. The average molecular weight is 1010 g/mol. The second-order valence-corrected chi connectivity index (χ2v) is 21.1. The maximum Gasteiger partial charge on any atom is 0.220 e. The zero-order valence-corrected chi connectivity index (χ0v) is 48.4. The quantitative estimate of drug-likeness (QED) is 0.0420. The van der Waals surface area contributed by atoms with Gasteiger partial charge in [-0.15, -0.1) is 0 Å². The molecule has 0 saturated carbocycles. The van der Waals surface area contributed by atoms with Gasteiger partial charge in [-0.1, -0.05) is 316 Å². The fourth-order valence-corrected chi connectivity index (χ4v) is 9.24. The van der Waals surface area contributed by atoms with Gasteiger partial charge >= 0.3 is 0 Å². The Kier molecular flexibility index (Phi) is 60.8. The van der Waals surface area contributed by atoms with Gasteiger partial charge in [0.25, 0.3) is 0 Å². The van der Waals surface area contributed by atoms with Gasteiger partial charge in [-0.25, -0.2) is 0 Å². The summed E-state index contributed by atoms with van der Waals surface area (Å²) in [7, 11) is 0. The Hall–Kier alpha value is -2.95. The molecular formula is C69H121NO3. The van der Waals surface area contributed by atoms with E-state index in [0.29, 0.717) is 6.42 Å². The molecule has 0 aromatic rings. The molecule has 0 bridgehead atoms. The molecular weight excluding hydrogens is 891 g/mol. The highest BCUT2D eigenvalue weighted by Crippen LogP contribution is 2.17. The molecule has 1 amide bonds. The van der Waals surface area contributed by atoms with Crippen LogP contribution in [0.1, 0.15) is 303 Å². The number of amides is 1. The first-order valence-electron chi connectivity index (χ1n) is 31.6. The Balaban J connectivity index is 3.57. The Labute approximate surface area is 455 Å². The Morgan fingerprint density at radius 3 is 0.959 bits per heavy atom. The lowest BCUT2D eigenvalue weighted by molar-refractivity contribution is -0.123. The van der Waals surface area contributed by atoms with Crippen molar-refractivity contribution in [1.82, 2.24) is 5.32 Å². The zero-order chi connectivity index (χ0) is 52.7. The number of carbonyl (C=O) groups is 1. The normalized spacial score (nSPS) is 13.5. The molecule has 2 unspecified atom stereocenters. The van der Waals surface area contributed by atoms with Gasteiger partial charge in [-0.3, -0.25) is 4.79 Å². The van der Waals surface area contributed by atoms with E-state index in [2.05, 4.69) is 116 Å². The van der Waals surface area contributed by atoms with Crippen LogP contribution in [0.25, 0.3) is 0 Å². The molecule has 4 nitrogen and oxygen atoms in total. The number of hydrogen-bond donors (Lipinski definition) is 3. The van der Waals surface area contributed by atoms with Crippen LogP contribution in [0.4, 0.5) is 0 Å². The highest BCUT2D eigenvalue weighted by atomic mass is 16.3. The van der Waals surface area contributed by atoms with Gasteiger partial charge in [0.1, 0.15) is 0 Å². The van der Waals surface area contributed by atoms with Gasteiger partial charge < -0.3 is 15.5 Å². The lowest BCUT2D eigenvalue weighted by atomic mass is 10.0. The third-order valence-electron chi connectivity index (χ3n) is 14.0. The Morgan fingerprint density at radius 2 is 0.616 bits per heavy atom. The number of aliphatic hydroxyl groups excluding tert-OH is 2. The molecule has 0 spiro atoms. The van der Waals surface area contributed by atoms with Crippen molar-refractivity contribution in [3.63, 3.8) is 0 Å². The molecule has 73 heavy (non-hydrogen) atoms. The summed E-state index contributed by atoms with van der Waals surface area (Å²) in [5, 5.41) is 23.2. The molecule has 0 aliphatic rings. The maximum atomic E-state index is 12.5. The van der Waals surface area contributed by atoms with E-state index in [1.54, 1.807) is 6.08 Å². The molecule has 0 rings (SSSR count). The van der Waals surface area contributed by atoms with Crippen LogP contribution in [-0.2, 0) is 4.79 Å². The number of aliphatic hydroxyl groups is 2. The van der Waals surface area contributed by atoms with E-state index in [4.69, 9.17) is 0 Å². The summed E-state index contributed by atoms with van der Waals surface area (Å²) < 4.78 is 0. The molecule has 4 heteroatoms. The van der Waals surface area contributed by atoms with E-state index >= 15 is 0 Å². The highest BCUT2D eigenvalue weighted by molar-refractivity contribution is 5.76. The number of unbranched alkanes of at least 4 members (excludes halogenated alkanes) is 34. The van der Waals surface area contributed by atoms with E-state index in [1.165, 1.54) is 199 Å². The van der Waals surface area contributed by atoms with Gasteiger partial charge in [-0.05, 0) is 89.9 Å². The first-order valence-corrected chi connectivity index (χ1v) is 31.6. The molecule has 0 aromatic heterocycles. The summed E-state index contributed by atoms with van der Waals surface area (Å²) in [6.07, 6.45) is 95.6. The summed E-state index contributed by atoms with van der Waals surface area (Å²) in [5.41, 5.74) is 0. The van der Waals surface area contributed by atoms with Crippen molar-refractivity contribution >= 4 is 5.91 Å². The molecule has 0 heterocycles. The molecule has 0 aromatic carbocycles. The van der Waals surface area contributed by atoms with Crippen LogP contribution in [0, 0.1) is 0 Å². The fraction of sp³-hybridized carbons (Fsp3) is 0.725. The smallest absolute Gasteiger partial charge is 0.220 e. The monoisotopic (exact) mass is 1010 g/mol. The van der Waals surface area contributed by atoms with Crippen molar-refractivity contribution in [2.75, 3.05) is 6.61 Å². The van der Waals surface area contributed by atoms with Gasteiger partial charge in [-0.2, -0.15) is 0 Å². The second kappa shape index (κ2) is 63.3. The predicted octanol–water partition coefficient (Wildman–Crippen LogP) is 21.4. The van der Waals surface area contributed by atoms with Crippen molar-refractivity contribution in [3.05, 3.63) is 109 Å². The molecule has 0 saturated heterocycles. The minimum absolute atomic E-state index is 0.0819. The Bertz CT molecular complexity index is 1380. The maximum absolute atomic E-state index is 12.5. The zero-order valence-electron chi connectivity index (χ0n) is 48.4. The average Bonchev–Trinajstić information content (AvgIpc) is 3.40. The van der Waals surface area contributed by atoms with Crippen LogP contribution in [0.15, 0.2) is 109 Å². The summed E-state index contributed by atoms with van der Waals surface area (Å²) in [6, 6.07) is -0.652. The van der Waals surface area contributed by atoms with E-state index in [0.717, 1.165) is 83.5 Å². The molecule has 0 aliphatic heterocycles. The van der Waals surface area contributed by atoms with Crippen LogP contribution in [0.2, 0.25) is 0 Å². The first-order chi connectivity index (χ1) is 36.2. The van der Waals surface area contributed by atoms with Crippen LogP contribution >= 0.6 is 0 Å². The minimum atomic E-state index is -0.874. The third-order valence-corrected chi connectivity index (χ3v) is 14.0. The lowest BCUT2D eigenvalue weighted by Gasteiger charge is -2.19.